The molecular weight excluding hydrogens is 269 g/mol. The van der Waals surface area contributed by atoms with Gasteiger partial charge in [-0.3, -0.25) is 4.79 Å². The van der Waals surface area contributed by atoms with Crippen molar-refractivity contribution >= 4 is 17.8 Å². The second-order valence-electron chi connectivity index (χ2n) is 5.16. The van der Waals surface area contributed by atoms with E-state index in [9.17, 15) is 18.0 Å². The first kappa shape index (κ1) is 14.7. The summed E-state index contributed by atoms with van der Waals surface area (Å²) in [5, 5.41) is 2.37. The van der Waals surface area contributed by atoms with Crippen molar-refractivity contribution in [3.8, 4) is 0 Å². The number of amides is 1. The minimum atomic E-state index is -4.41. The van der Waals surface area contributed by atoms with Gasteiger partial charge < -0.3 is 10.2 Å². The molecule has 110 valence electrons. The van der Waals surface area contributed by atoms with Crippen LogP contribution in [0.5, 0.6) is 0 Å². The van der Waals surface area contributed by atoms with Crippen LogP contribution >= 0.6 is 0 Å². The molecular formula is C14H17F3N2O. The van der Waals surface area contributed by atoms with E-state index in [2.05, 4.69) is 12.2 Å². The van der Waals surface area contributed by atoms with Crippen LogP contribution in [-0.2, 0) is 11.0 Å². The van der Waals surface area contributed by atoms with E-state index in [1.54, 1.807) is 0 Å². The Morgan fingerprint density at radius 1 is 1.30 bits per heavy atom. The highest BCUT2D eigenvalue weighted by Gasteiger charge is 2.31. The monoisotopic (exact) mass is 286 g/mol. The Bertz CT molecular complexity index is 480. The molecule has 6 heteroatoms. The Labute approximate surface area is 115 Å². The lowest BCUT2D eigenvalue weighted by atomic mass is 9.98. The number of carbonyl (C=O) groups is 1. The van der Waals surface area contributed by atoms with E-state index < -0.39 is 11.7 Å². The number of hydrogen-bond donors (Lipinski definition) is 1. The van der Waals surface area contributed by atoms with E-state index in [0.29, 0.717) is 18.0 Å². The van der Waals surface area contributed by atoms with E-state index >= 15 is 0 Å². The summed E-state index contributed by atoms with van der Waals surface area (Å²) in [7, 11) is 0. The van der Waals surface area contributed by atoms with Gasteiger partial charge in [0.05, 0.1) is 16.9 Å². The lowest BCUT2D eigenvalue weighted by Gasteiger charge is -2.33. The van der Waals surface area contributed by atoms with Crippen molar-refractivity contribution in [2.24, 2.45) is 5.92 Å². The van der Waals surface area contributed by atoms with Gasteiger partial charge in [0.2, 0.25) is 6.41 Å². The highest BCUT2D eigenvalue weighted by molar-refractivity contribution is 5.82. The highest BCUT2D eigenvalue weighted by Crippen LogP contribution is 2.36. The predicted molar refractivity (Wildman–Crippen MR) is 71.7 cm³/mol. The van der Waals surface area contributed by atoms with Crippen molar-refractivity contribution in [1.29, 1.82) is 0 Å². The van der Waals surface area contributed by atoms with Gasteiger partial charge in [-0.25, -0.2) is 0 Å². The fourth-order valence-corrected chi connectivity index (χ4v) is 2.42. The maximum absolute atomic E-state index is 12.7. The van der Waals surface area contributed by atoms with Crippen molar-refractivity contribution in [3.05, 3.63) is 23.8 Å². The molecule has 0 aliphatic carbocycles. The van der Waals surface area contributed by atoms with Gasteiger partial charge in [-0.1, -0.05) is 6.92 Å². The molecule has 3 nitrogen and oxygen atoms in total. The Kier molecular flexibility index (Phi) is 4.20. The first-order chi connectivity index (χ1) is 9.41. The van der Waals surface area contributed by atoms with Crippen molar-refractivity contribution in [2.75, 3.05) is 23.3 Å². The minimum absolute atomic E-state index is 0.212. The van der Waals surface area contributed by atoms with Crippen LogP contribution in [0.4, 0.5) is 24.5 Å². The van der Waals surface area contributed by atoms with Crippen LogP contribution in [0.2, 0.25) is 0 Å². The van der Waals surface area contributed by atoms with Crippen LogP contribution in [0.1, 0.15) is 25.3 Å². The van der Waals surface area contributed by atoms with Gasteiger partial charge >= 0.3 is 6.18 Å². The molecule has 1 fully saturated rings. The van der Waals surface area contributed by atoms with Crippen LogP contribution in [0, 0.1) is 5.92 Å². The Hall–Kier alpha value is -1.72. The molecule has 2 rings (SSSR count). The Morgan fingerprint density at radius 2 is 1.95 bits per heavy atom. The molecule has 1 aliphatic rings. The zero-order valence-corrected chi connectivity index (χ0v) is 11.2. The number of nitrogens with zero attached hydrogens (tertiary/aromatic N) is 1. The summed E-state index contributed by atoms with van der Waals surface area (Å²) in [5.41, 5.74) is 0.109. The van der Waals surface area contributed by atoms with Gasteiger partial charge in [0.1, 0.15) is 0 Å². The van der Waals surface area contributed by atoms with E-state index in [0.717, 1.165) is 38.1 Å². The molecule has 1 amide bonds. The maximum atomic E-state index is 12.7. The quantitative estimate of drug-likeness (QED) is 0.862. The molecule has 0 spiro atoms. The second-order valence-corrected chi connectivity index (χ2v) is 5.16. The molecule has 20 heavy (non-hydrogen) atoms. The molecule has 0 aromatic heterocycles. The zero-order chi connectivity index (χ0) is 14.8. The number of rotatable bonds is 3. The summed E-state index contributed by atoms with van der Waals surface area (Å²) in [5.74, 6) is 0.628. The normalized spacial score (nSPS) is 17.1. The molecule has 0 radical (unpaired) electrons. The van der Waals surface area contributed by atoms with Gasteiger partial charge in [-0.05, 0) is 37.0 Å². The number of anilines is 2. The SMILES string of the molecule is CC1CCN(c2ccc(C(F)(F)F)cc2NC=O)CC1. The zero-order valence-electron chi connectivity index (χ0n) is 11.2. The molecule has 1 aliphatic heterocycles. The average molecular weight is 286 g/mol. The number of carbonyl (C=O) groups excluding carboxylic acids is 1. The third-order valence-corrected chi connectivity index (χ3v) is 3.66. The summed E-state index contributed by atoms with van der Waals surface area (Å²) in [6.45, 7) is 3.74. The second kappa shape index (κ2) is 5.73. The summed E-state index contributed by atoms with van der Waals surface area (Å²) >= 11 is 0. The lowest BCUT2D eigenvalue weighted by Crippen LogP contribution is -2.33. The molecule has 1 heterocycles. The van der Waals surface area contributed by atoms with E-state index in [4.69, 9.17) is 0 Å². The largest absolute Gasteiger partial charge is 0.416 e. The summed E-state index contributed by atoms with van der Waals surface area (Å²) in [6.07, 6.45) is -2.00. The van der Waals surface area contributed by atoms with Crippen molar-refractivity contribution in [3.63, 3.8) is 0 Å². The first-order valence-electron chi connectivity index (χ1n) is 6.58. The van der Waals surface area contributed by atoms with Crippen molar-refractivity contribution < 1.29 is 18.0 Å². The number of nitrogens with one attached hydrogen (secondary N) is 1. The fraction of sp³-hybridized carbons (Fsp3) is 0.500. The predicted octanol–water partition coefficient (Wildman–Crippen LogP) is 3.51. The van der Waals surface area contributed by atoms with Crippen LogP contribution in [0.3, 0.4) is 0 Å². The molecule has 1 N–H and O–H groups in total. The van der Waals surface area contributed by atoms with E-state index in [1.807, 2.05) is 4.90 Å². The summed E-state index contributed by atoms with van der Waals surface area (Å²) in [4.78, 5) is 12.6. The van der Waals surface area contributed by atoms with Crippen molar-refractivity contribution in [2.45, 2.75) is 25.9 Å². The smallest absolute Gasteiger partial charge is 0.370 e. The molecule has 1 saturated heterocycles. The Morgan fingerprint density at radius 3 is 2.50 bits per heavy atom. The average Bonchev–Trinajstić information content (AvgIpc) is 2.39. The molecule has 0 atom stereocenters. The van der Waals surface area contributed by atoms with Gasteiger partial charge in [0, 0.05) is 13.1 Å². The fourth-order valence-electron chi connectivity index (χ4n) is 2.42. The molecule has 1 aromatic carbocycles. The summed E-state index contributed by atoms with van der Waals surface area (Å²) < 4.78 is 38.1. The van der Waals surface area contributed by atoms with Gasteiger partial charge in [0.25, 0.3) is 0 Å². The third kappa shape index (κ3) is 3.23. The van der Waals surface area contributed by atoms with Crippen LogP contribution in [0.25, 0.3) is 0 Å². The van der Waals surface area contributed by atoms with Crippen LogP contribution in [0.15, 0.2) is 18.2 Å². The van der Waals surface area contributed by atoms with Crippen LogP contribution < -0.4 is 10.2 Å². The molecule has 0 bridgehead atoms. The van der Waals surface area contributed by atoms with Gasteiger partial charge in [0.15, 0.2) is 0 Å². The Balaban J connectivity index is 2.30. The van der Waals surface area contributed by atoms with Gasteiger partial charge in [-0.15, -0.1) is 0 Å². The molecule has 0 unspecified atom stereocenters. The van der Waals surface area contributed by atoms with Crippen LogP contribution in [-0.4, -0.2) is 19.5 Å². The first-order valence-corrected chi connectivity index (χ1v) is 6.58. The minimum Gasteiger partial charge on any atom is -0.370 e. The van der Waals surface area contributed by atoms with E-state index in [-0.39, 0.29) is 5.69 Å². The van der Waals surface area contributed by atoms with Gasteiger partial charge in [-0.2, -0.15) is 13.2 Å². The summed E-state index contributed by atoms with van der Waals surface area (Å²) in [6, 6.07) is 3.48. The highest BCUT2D eigenvalue weighted by atomic mass is 19.4. The molecule has 0 saturated carbocycles. The maximum Gasteiger partial charge on any atom is 0.416 e. The number of hydrogen-bond acceptors (Lipinski definition) is 2. The number of halogens is 3. The number of alkyl halides is 3. The third-order valence-electron chi connectivity index (χ3n) is 3.66. The topological polar surface area (TPSA) is 32.3 Å². The van der Waals surface area contributed by atoms with E-state index in [1.165, 1.54) is 6.07 Å². The van der Waals surface area contributed by atoms with Crippen molar-refractivity contribution in [1.82, 2.24) is 0 Å². The lowest BCUT2D eigenvalue weighted by molar-refractivity contribution is -0.137. The molecule has 1 aromatic rings. The standard InChI is InChI=1S/C14H17F3N2O/c1-10-4-6-19(7-5-10)13-3-2-11(14(15,16)17)8-12(13)18-9-20/h2-3,8-10H,4-7H2,1H3,(H,18,20). The number of piperidine rings is 1. The number of benzene rings is 1.